The molecule has 0 saturated heterocycles. The van der Waals surface area contributed by atoms with Crippen LogP contribution in [0.15, 0.2) is 23.8 Å². The lowest BCUT2D eigenvalue weighted by Gasteiger charge is -2.62. The van der Waals surface area contributed by atoms with E-state index in [-0.39, 0.29) is 24.3 Å². The molecule has 4 rings (SSSR count). The molecule has 0 spiro atoms. The number of carboxylic acids is 1. The summed E-state index contributed by atoms with van der Waals surface area (Å²) in [6.45, 7) is 5.02. The van der Waals surface area contributed by atoms with Gasteiger partial charge in [0.15, 0.2) is 11.5 Å². The van der Waals surface area contributed by atoms with E-state index in [4.69, 9.17) is 0 Å². The fraction of sp³-hybridized carbons (Fsp3) is 0.682. The third-order valence-corrected chi connectivity index (χ3v) is 8.46. The third-order valence-electron chi connectivity index (χ3n) is 8.46. The number of carbonyl (C=O) groups excluding carboxylic acids is 2. The average molecular weight is 408 g/mol. The molecule has 2 N–H and O–H groups in total. The summed E-state index contributed by atoms with van der Waals surface area (Å²) in [6.07, 6.45) is 0.785. The van der Waals surface area contributed by atoms with Crippen LogP contribution in [0.3, 0.4) is 0 Å². The molecular formula is C22H26F2O5. The molecule has 0 aromatic heterocycles. The largest absolute Gasteiger partial charge is 0.475 e. The molecule has 0 aromatic carbocycles. The van der Waals surface area contributed by atoms with Gasteiger partial charge in [-0.1, -0.05) is 19.9 Å². The number of ketones is 2. The van der Waals surface area contributed by atoms with Gasteiger partial charge in [0.1, 0.15) is 6.17 Å². The summed E-state index contributed by atoms with van der Waals surface area (Å²) in [4.78, 5) is 35.7. The summed E-state index contributed by atoms with van der Waals surface area (Å²) in [5, 5.41) is 20.3. The van der Waals surface area contributed by atoms with Crippen LogP contribution in [0.5, 0.6) is 0 Å². The number of Topliss-reactive ketones (excluding diaryl/α,β-unsaturated/α-hetero) is 1. The quantitative estimate of drug-likeness (QED) is 0.686. The van der Waals surface area contributed by atoms with Crippen LogP contribution in [0.2, 0.25) is 0 Å². The maximum absolute atomic E-state index is 16.8. The molecule has 7 heteroatoms. The van der Waals surface area contributed by atoms with Crippen LogP contribution in [0.25, 0.3) is 0 Å². The zero-order valence-corrected chi connectivity index (χ0v) is 16.7. The molecular weight excluding hydrogens is 382 g/mol. The molecule has 0 heterocycles. The Balaban J connectivity index is 1.84. The predicted molar refractivity (Wildman–Crippen MR) is 99.3 cm³/mol. The van der Waals surface area contributed by atoms with Gasteiger partial charge in [0.2, 0.25) is 5.78 Å². The van der Waals surface area contributed by atoms with Gasteiger partial charge in [0.25, 0.3) is 0 Å². The highest BCUT2D eigenvalue weighted by Crippen LogP contribution is 2.70. The molecule has 158 valence electrons. The molecule has 0 aromatic rings. The van der Waals surface area contributed by atoms with Crippen LogP contribution < -0.4 is 0 Å². The lowest BCUT2D eigenvalue weighted by molar-refractivity contribution is -0.202. The second-order valence-corrected chi connectivity index (χ2v) is 9.81. The zero-order valence-electron chi connectivity index (χ0n) is 16.7. The van der Waals surface area contributed by atoms with Gasteiger partial charge in [-0.05, 0) is 61.2 Å². The second kappa shape index (κ2) is 6.06. The van der Waals surface area contributed by atoms with Gasteiger partial charge in [-0.2, -0.15) is 0 Å². The SMILES string of the molecule is C[C@@H]1C[C@H]2[C@@H]3C[C@H](F)C4=CC(=O)C=C[C@]4(C)[C@@]3(F)[C@@H](O)C[C@]2(C)[C@H]1C(=O)C(=O)O. The van der Waals surface area contributed by atoms with E-state index in [0.29, 0.717) is 6.42 Å². The summed E-state index contributed by atoms with van der Waals surface area (Å²) >= 11 is 0. The number of aliphatic hydroxyl groups excluding tert-OH is 1. The van der Waals surface area contributed by atoms with Crippen molar-refractivity contribution in [1.82, 2.24) is 0 Å². The van der Waals surface area contributed by atoms with E-state index in [9.17, 15) is 24.6 Å². The van der Waals surface area contributed by atoms with Crippen molar-refractivity contribution in [2.24, 2.45) is 34.5 Å². The Labute approximate surface area is 167 Å². The normalized spacial score (nSPS) is 51.0. The number of halogens is 2. The number of alkyl halides is 2. The van der Waals surface area contributed by atoms with Crippen molar-refractivity contribution in [1.29, 1.82) is 0 Å². The summed E-state index contributed by atoms with van der Waals surface area (Å²) in [5.74, 6) is -5.36. The van der Waals surface area contributed by atoms with Gasteiger partial charge >= 0.3 is 5.97 Å². The third kappa shape index (κ3) is 2.36. The minimum absolute atomic E-state index is 0.0515. The molecule has 0 amide bonds. The Kier molecular flexibility index (Phi) is 4.26. The number of carbonyl (C=O) groups is 3. The van der Waals surface area contributed by atoms with Crippen molar-refractivity contribution in [2.75, 3.05) is 0 Å². The first-order chi connectivity index (χ1) is 13.4. The molecule has 5 nitrogen and oxygen atoms in total. The highest BCUT2D eigenvalue weighted by molar-refractivity contribution is 6.33. The molecule has 0 aliphatic heterocycles. The summed E-state index contributed by atoms with van der Waals surface area (Å²) in [7, 11) is 0. The average Bonchev–Trinajstić information content (AvgIpc) is 2.89. The van der Waals surface area contributed by atoms with Crippen LogP contribution in [0, 0.1) is 34.5 Å². The Morgan fingerprint density at radius 1 is 1.21 bits per heavy atom. The van der Waals surface area contributed by atoms with Crippen LogP contribution >= 0.6 is 0 Å². The number of aliphatic carboxylic acids is 1. The smallest absolute Gasteiger partial charge is 0.372 e. The fourth-order valence-corrected chi connectivity index (χ4v) is 7.26. The van der Waals surface area contributed by atoms with E-state index in [1.165, 1.54) is 19.1 Å². The van der Waals surface area contributed by atoms with Crippen LogP contribution in [0.4, 0.5) is 8.78 Å². The Morgan fingerprint density at radius 3 is 2.48 bits per heavy atom. The van der Waals surface area contributed by atoms with E-state index in [1.807, 2.05) is 0 Å². The number of hydrogen-bond donors (Lipinski definition) is 2. The molecule has 4 aliphatic carbocycles. The first kappa shape index (κ1) is 20.4. The minimum Gasteiger partial charge on any atom is -0.475 e. The summed E-state index contributed by atoms with van der Waals surface area (Å²) in [6, 6.07) is 0. The fourth-order valence-electron chi connectivity index (χ4n) is 7.26. The highest BCUT2D eigenvalue weighted by Gasteiger charge is 2.73. The van der Waals surface area contributed by atoms with Crippen molar-refractivity contribution in [3.8, 4) is 0 Å². The van der Waals surface area contributed by atoms with Gasteiger partial charge in [-0.25, -0.2) is 13.6 Å². The molecule has 9 atom stereocenters. The molecule has 4 aliphatic rings. The van der Waals surface area contributed by atoms with Gasteiger partial charge in [-0.3, -0.25) is 9.59 Å². The van der Waals surface area contributed by atoms with Crippen molar-refractivity contribution >= 4 is 17.5 Å². The van der Waals surface area contributed by atoms with E-state index >= 15 is 8.78 Å². The lowest BCUT2D eigenvalue weighted by atomic mass is 9.45. The molecule has 3 fully saturated rings. The van der Waals surface area contributed by atoms with Crippen molar-refractivity contribution in [2.45, 2.75) is 58.0 Å². The first-order valence-corrected chi connectivity index (χ1v) is 10.1. The van der Waals surface area contributed by atoms with Gasteiger partial charge in [0.05, 0.1) is 6.10 Å². The minimum atomic E-state index is -2.20. The van der Waals surface area contributed by atoms with Crippen molar-refractivity contribution in [3.63, 3.8) is 0 Å². The van der Waals surface area contributed by atoms with E-state index < -0.39 is 64.1 Å². The Morgan fingerprint density at radius 2 is 1.86 bits per heavy atom. The van der Waals surface area contributed by atoms with Crippen molar-refractivity contribution < 1.29 is 33.4 Å². The standard InChI is InChI=1S/C22H26F2O5/c1-10-6-12-13-8-15(23)14-7-11(25)4-5-21(14,3)22(13,24)16(26)9-20(12,2)17(10)18(27)19(28)29/h4-5,7,10,12-13,15-17,26H,6,8-9H2,1-3H3,(H,28,29)/t10-,12+,13+,15+,16+,17-,20+,21+,22+/m1/s1. The van der Waals surface area contributed by atoms with Gasteiger partial charge < -0.3 is 10.2 Å². The van der Waals surface area contributed by atoms with E-state index in [0.717, 1.165) is 6.08 Å². The van der Waals surface area contributed by atoms with Crippen molar-refractivity contribution in [3.05, 3.63) is 23.8 Å². The molecule has 0 radical (unpaired) electrons. The maximum Gasteiger partial charge on any atom is 0.372 e. The molecule has 29 heavy (non-hydrogen) atoms. The number of hydrogen-bond acceptors (Lipinski definition) is 4. The van der Waals surface area contributed by atoms with Crippen LogP contribution in [-0.4, -0.2) is 45.7 Å². The number of fused-ring (bicyclic) bond motifs is 5. The first-order valence-electron chi connectivity index (χ1n) is 10.1. The van der Waals surface area contributed by atoms with E-state index in [1.54, 1.807) is 13.8 Å². The van der Waals surface area contributed by atoms with Gasteiger partial charge in [0, 0.05) is 17.3 Å². The number of carboxylic acid groups (broad SMARTS) is 1. The topological polar surface area (TPSA) is 91.7 Å². The monoisotopic (exact) mass is 408 g/mol. The van der Waals surface area contributed by atoms with Crippen LogP contribution in [0.1, 0.15) is 40.0 Å². The maximum atomic E-state index is 16.8. The Bertz CT molecular complexity index is 865. The van der Waals surface area contributed by atoms with Crippen LogP contribution in [-0.2, 0) is 14.4 Å². The highest BCUT2D eigenvalue weighted by atomic mass is 19.1. The number of allylic oxidation sites excluding steroid dienone is 4. The Hall–Kier alpha value is -1.89. The molecule has 0 unspecified atom stereocenters. The number of aliphatic hydroxyl groups is 1. The lowest BCUT2D eigenvalue weighted by Crippen LogP contribution is -2.68. The molecule has 3 saturated carbocycles. The van der Waals surface area contributed by atoms with Gasteiger partial charge in [-0.15, -0.1) is 0 Å². The number of rotatable bonds is 2. The molecule has 0 bridgehead atoms. The van der Waals surface area contributed by atoms with E-state index in [2.05, 4.69) is 0 Å². The summed E-state index contributed by atoms with van der Waals surface area (Å²) in [5.41, 5.74) is -4.55. The second-order valence-electron chi connectivity index (χ2n) is 9.81. The zero-order chi connectivity index (χ0) is 21.5. The predicted octanol–water partition coefficient (Wildman–Crippen LogP) is 2.82. The summed E-state index contributed by atoms with van der Waals surface area (Å²) < 4.78 is 32.0.